The first-order chi connectivity index (χ1) is 12.2. The third-order valence-corrected chi connectivity index (χ3v) is 5.64. The van der Waals surface area contributed by atoms with Crippen LogP contribution in [0.5, 0.6) is 0 Å². The largest absolute Gasteiger partial charge is 0.323 e. The van der Waals surface area contributed by atoms with Gasteiger partial charge in [-0.15, -0.1) is 0 Å². The lowest BCUT2D eigenvalue weighted by Crippen LogP contribution is -2.13. The smallest absolute Gasteiger partial charge is 0.113 e. The lowest BCUT2D eigenvalue weighted by atomic mass is 9.88. The Morgan fingerprint density at radius 2 is 1.68 bits per heavy atom. The summed E-state index contributed by atoms with van der Waals surface area (Å²) in [6.07, 6.45) is 6.65. The fraction of sp³-hybridized carbons (Fsp3) is 0.435. The van der Waals surface area contributed by atoms with Gasteiger partial charge in [-0.3, -0.25) is 0 Å². The maximum absolute atomic E-state index is 5.04. The molecule has 1 heterocycles. The monoisotopic (exact) mass is 332 g/mol. The summed E-state index contributed by atoms with van der Waals surface area (Å²) in [5.41, 5.74) is 5.19. The molecule has 0 atom stereocenters. The molecule has 0 saturated heterocycles. The molecule has 1 fully saturated rings. The highest BCUT2D eigenvalue weighted by Crippen LogP contribution is 2.34. The summed E-state index contributed by atoms with van der Waals surface area (Å²) in [5, 5.41) is 0. The first-order valence-electron chi connectivity index (χ1n) is 9.76. The molecule has 1 aliphatic carbocycles. The second-order valence-electron chi connectivity index (χ2n) is 7.78. The van der Waals surface area contributed by atoms with Gasteiger partial charge in [-0.25, -0.2) is 4.98 Å². The molecule has 2 nitrogen and oxygen atoms in total. The molecule has 0 bridgehead atoms. The number of rotatable bonds is 4. The van der Waals surface area contributed by atoms with Crippen molar-refractivity contribution >= 4 is 11.0 Å². The standard InChI is InChI=1S/C23H28N2/c1-17(2)19-14-12-18(13-15-19)16-25-22-11-7-6-10-21(22)24-23(25)20-8-4-3-5-9-20/h6-7,10-15,17,20H,3-5,8-9,16H2,1-2H3. The Hall–Kier alpha value is -2.09. The zero-order chi connectivity index (χ0) is 17.2. The minimum Gasteiger partial charge on any atom is -0.323 e. The van der Waals surface area contributed by atoms with E-state index in [2.05, 4.69) is 66.9 Å². The molecule has 2 aromatic carbocycles. The SMILES string of the molecule is CC(C)c1ccc(Cn2c(C3CCCCC3)nc3ccccc32)cc1. The highest BCUT2D eigenvalue weighted by Gasteiger charge is 2.22. The van der Waals surface area contributed by atoms with Crippen molar-refractivity contribution in [2.24, 2.45) is 0 Å². The Morgan fingerprint density at radius 3 is 2.40 bits per heavy atom. The topological polar surface area (TPSA) is 17.8 Å². The van der Waals surface area contributed by atoms with E-state index in [1.54, 1.807) is 0 Å². The van der Waals surface area contributed by atoms with Gasteiger partial charge in [0, 0.05) is 12.5 Å². The predicted octanol–water partition coefficient (Wildman–Crippen LogP) is 6.26. The van der Waals surface area contributed by atoms with Gasteiger partial charge in [0.25, 0.3) is 0 Å². The summed E-state index contributed by atoms with van der Waals surface area (Å²) in [6, 6.07) is 17.7. The lowest BCUT2D eigenvalue weighted by molar-refractivity contribution is 0.420. The Kier molecular flexibility index (Phi) is 4.61. The Bertz CT molecular complexity index is 836. The number of para-hydroxylation sites is 2. The summed E-state index contributed by atoms with van der Waals surface area (Å²) in [4.78, 5) is 5.04. The van der Waals surface area contributed by atoms with E-state index in [0.29, 0.717) is 11.8 Å². The second-order valence-corrected chi connectivity index (χ2v) is 7.78. The van der Waals surface area contributed by atoms with Gasteiger partial charge < -0.3 is 4.57 Å². The maximum Gasteiger partial charge on any atom is 0.113 e. The molecule has 0 radical (unpaired) electrons. The third kappa shape index (κ3) is 3.35. The van der Waals surface area contributed by atoms with Crippen molar-refractivity contribution in [2.75, 3.05) is 0 Å². The van der Waals surface area contributed by atoms with Crippen LogP contribution >= 0.6 is 0 Å². The van der Waals surface area contributed by atoms with Crippen LogP contribution in [-0.4, -0.2) is 9.55 Å². The van der Waals surface area contributed by atoms with Gasteiger partial charge in [0.15, 0.2) is 0 Å². The molecule has 0 spiro atoms. The van der Waals surface area contributed by atoms with Crippen molar-refractivity contribution in [2.45, 2.75) is 64.3 Å². The molecule has 25 heavy (non-hydrogen) atoms. The summed E-state index contributed by atoms with van der Waals surface area (Å²) in [7, 11) is 0. The van der Waals surface area contributed by atoms with Gasteiger partial charge in [0.05, 0.1) is 11.0 Å². The molecule has 130 valence electrons. The predicted molar refractivity (Wildman–Crippen MR) is 105 cm³/mol. The molecule has 4 rings (SSSR count). The van der Waals surface area contributed by atoms with E-state index in [9.17, 15) is 0 Å². The van der Waals surface area contributed by atoms with Gasteiger partial charge in [0.2, 0.25) is 0 Å². The molecule has 0 aliphatic heterocycles. The summed E-state index contributed by atoms with van der Waals surface area (Å²) in [6.45, 7) is 5.42. The average Bonchev–Trinajstić information content (AvgIpc) is 3.02. The van der Waals surface area contributed by atoms with Gasteiger partial charge in [-0.2, -0.15) is 0 Å². The number of hydrogen-bond donors (Lipinski definition) is 0. The minimum absolute atomic E-state index is 0.584. The van der Waals surface area contributed by atoms with Crippen molar-refractivity contribution in [3.8, 4) is 0 Å². The zero-order valence-corrected chi connectivity index (χ0v) is 15.4. The Balaban J connectivity index is 1.71. The molecular weight excluding hydrogens is 304 g/mol. The van der Waals surface area contributed by atoms with Crippen molar-refractivity contribution in [3.05, 3.63) is 65.5 Å². The molecule has 2 heteroatoms. The van der Waals surface area contributed by atoms with Crippen LogP contribution in [0.15, 0.2) is 48.5 Å². The number of nitrogens with zero attached hydrogens (tertiary/aromatic N) is 2. The molecule has 1 aliphatic rings. The number of benzene rings is 2. The van der Waals surface area contributed by atoms with Crippen molar-refractivity contribution in [1.82, 2.24) is 9.55 Å². The van der Waals surface area contributed by atoms with Crippen LogP contribution in [0.4, 0.5) is 0 Å². The van der Waals surface area contributed by atoms with Crippen LogP contribution in [0.3, 0.4) is 0 Å². The summed E-state index contributed by atoms with van der Waals surface area (Å²) < 4.78 is 2.47. The summed E-state index contributed by atoms with van der Waals surface area (Å²) >= 11 is 0. The third-order valence-electron chi connectivity index (χ3n) is 5.64. The Labute approximate surface area is 150 Å². The van der Waals surface area contributed by atoms with E-state index in [1.807, 2.05) is 0 Å². The first-order valence-corrected chi connectivity index (χ1v) is 9.76. The van der Waals surface area contributed by atoms with Crippen LogP contribution in [0.2, 0.25) is 0 Å². The van der Waals surface area contributed by atoms with Gasteiger partial charge >= 0.3 is 0 Å². The van der Waals surface area contributed by atoms with E-state index in [4.69, 9.17) is 4.98 Å². The number of imidazole rings is 1. The minimum atomic E-state index is 0.584. The summed E-state index contributed by atoms with van der Waals surface area (Å²) in [5.74, 6) is 2.51. The molecule has 0 amide bonds. The quantitative estimate of drug-likeness (QED) is 0.551. The van der Waals surface area contributed by atoms with Gasteiger partial charge in [-0.1, -0.05) is 69.5 Å². The molecule has 3 aromatic rings. The average molecular weight is 332 g/mol. The van der Waals surface area contributed by atoms with Crippen molar-refractivity contribution in [3.63, 3.8) is 0 Å². The Morgan fingerprint density at radius 1 is 0.960 bits per heavy atom. The molecule has 0 N–H and O–H groups in total. The van der Waals surface area contributed by atoms with Crippen LogP contribution < -0.4 is 0 Å². The second kappa shape index (κ2) is 7.03. The van der Waals surface area contributed by atoms with E-state index in [-0.39, 0.29) is 0 Å². The van der Waals surface area contributed by atoms with E-state index >= 15 is 0 Å². The van der Waals surface area contributed by atoms with Crippen LogP contribution in [0.25, 0.3) is 11.0 Å². The number of aromatic nitrogens is 2. The lowest BCUT2D eigenvalue weighted by Gasteiger charge is -2.22. The molecule has 0 unspecified atom stereocenters. The van der Waals surface area contributed by atoms with Gasteiger partial charge in [0.1, 0.15) is 5.82 Å². The van der Waals surface area contributed by atoms with Gasteiger partial charge in [-0.05, 0) is 42.0 Å². The van der Waals surface area contributed by atoms with Crippen LogP contribution in [0.1, 0.15) is 74.7 Å². The van der Waals surface area contributed by atoms with Crippen molar-refractivity contribution < 1.29 is 0 Å². The van der Waals surface area contributed by atoms with Crippen LogP contribution in [-0.2, 0) is 6.54 Å². The van der Waals surface area contributed by atoms with Crippen molar-refractivity contribution in [1.29, 1.82) is 0 Å². The first kappa shape index (κ1) is 16.4. The normalized spacial score (nSPS) is 16.0. The van der Waals surface area contributed by atoms with E-state index < -0.39 is 0 Å². The fourth-order valence-electron chi connectivity index (χ4n) is 4.12. The zero-order valence-electron chi connectivity index (χ0n) is 15.4. The highest BCUT2D eigenvalue weighted by molar-refractivity contribution is 5.76. The highest BCUT2D eigenvalue weighted by atomic mass is 15.1. The fourth-order valence-corrected chi connectivity index (χ4v) is 4.12. The van der Waals surface area contributed by atoms with E-state index in [0.717, 1.165) is 12.1 Å². The molecular formula is C23H28N2. The number of hydrogen-bond acceptors (Lipinski definition) is 1. The molecule has 1 aromatic heterocycles. The number of fused-ring (bicyclic) bond motifs is 1. The molecule has 1 saturated carbocycles. The maximum atomic E-state index is 5.04. The van der Waals surface area contributed by atoms with E-state index in [1.165, 1.54) is 54.6 Å². The van der Waals surface area contributed by atoms with Crippen LogP contribution in [0, 0.1) is 0 Å².